The normalized spacial score (nSPS) is 19.9. The third kappa shape index (κ3) is 4.99. The summed E-state index contributed by atoms with van der Waals surface area (Å²) >= 11 is 0. The van der Waals surface area contributed by atoms with E-state index in [2.05, 4.69) is 46.7 Å². The van der Waals surface area contributed by atoms with E-state index in [-0.39, 0.29) is 12.1 Å². The van der Waals surface area contributed by atoms with Crippen LogP contribution in [0.4, 0.5) is 4.79 Å². The van der Waals surface area contributed by atoms with E-state index >= 15 is 0 Å². The second kappa shape index (κ2) is 9.27. The lowest BCUT2D eigenvalue weighted by Crippen LogP contribution is -2.44. The van der Waals surface area contributed by atoms with Gasteiger partial charge in [-0.05, 0) is 48.6 Å². The second-order valence-electron chi connectivity index (χ2n) is 8.44. The van der Waals surface area contributed by atoms with E-state index in [1.54, 1.807) is 6.20 Å². The maximum atomic E-state index is 12.7. The summed E-state index contributed by atoms with van der Waals surface area (Å²) in [6, 6.07) is 24.4. The topological polar surface area (TPSA) is 54.5 Å². The van der Waals surface area contributed by atoms with Crippen molar-refractivity contribution in [3.63, 3.8) is 0 Å². The van der Waals surface area contributed by atoms with Crippen LogP contribution in [0, 0.1) is 0 Å². The summed E-state index contributed by atoms with van der Waals surface area (Å²) in [5, 5.41) is 3.21. The summed E-state index contributed by atoms with van der Waals surface area (Å²) in [5.74, 6) is 1.81. The Bertz CT molecular complexity index is 1090. The molecule has 1 aromatic heterocycles. The first-order chi connectivity index (χ1) is 15.7. The summed E-state index contributed by atoms with van der Waals surface area (Å²) in [7, 11) is 0. The third-order valence-electron chi connectivity index (χ3n) is 6.11. The average molecular weight is 426 g/mol. The number of urea groups is 1. The molecule has 32 heavy (non-hydrogen) atoms. The zero-order chi connectivity index (χ0) is 21.8. The number of piperidine rings is 1. The van der Waals surface area contributed by atoms with Crippen LogP contribution in [0.1, 0.15) is 36.3 Å². The highest BCUT2D eigenvalue weighted by molar-refractivity contribution is 5.75. The number of hydrogen-bond acceptors (Lipinski definition) is 3. The molecule has 2 fully saturated rings. The third-order valence-corrected chi connectivity index (χ3v) is 6.11. The molecule has 0 radical (unpaired) electrons. The molecule has 1 aliphatic carbocycles. The van der Waals surface area contributed by atoms with Crippen LogP contribution in [0.3, 0.4) is 0 Å². The van der Waals surface area contributed by atoms with Gasteiger partial charge in [0.1, 0.15) is 5.75 Å². The number of benzene rings is 2. The molecule has 1 saturated heterocycles. The van der Waals surface area contributed by atoms with Gasteiger partial charge in [-0.3, -0.25) is 0 Å². The number of amides is 2. The minimum Gasteiger partial charge on any atom is -0.439 e. The largest absolute Gasteiger partial charge is 0.439 e. The van der Waals surface area contributed by atoms with Crippen molar-refractivity contribution in [2.75, 3.05) is 13.1 Å². The van der Waals surface area contributed by atoms with E-state index < -0.39 is 0 Å². The number of aromatic nitrogens is 1. The van der Waals surface area contributed by atoms with E-state index in [0.717, 1.165) is 43.7 Å². The van der Waals surface area contributed by atoms with Gasteiger partial charge in [0.05, 0.1) is 0 Å². The minimum absolute atomic E-state index is 0.0678. The molecule has 1 aliphatic heterocycles. The Kier molecular flexibility index (Phi) is 5.88. The van der Waals surface area contributed by atoms with Gasteiger partial charge >= 0.3 is 6.03 Å². The Balaban J connectivity index is 1.13. The fourth-order valence-corrected chi connectivity index (χ4v) is 4.25. The Morgan fingerprint density at radius 2 is 1.81 bits per heavy atom. The first-order valence-electron chi connectivity index (χ1n) is 11.2. The summed E-state index contributed by atoms with van der Waals surface area (Å²) in [4.78, 5) is 18.8. The number of pyridine rings is 1. The number of likely N-dealkylation sites (tertiary alicyclic amines) is 1. The molecule has 5 heteroatoms. The highest BCUT2D eigenvalue weighted by Crippen LogP contribution is 2.40. The molecule has 5 nitrogen and oxygen atoms in total. The van der Waals surface area contributed by atoms with Gasteiger partial charge in [-0.15, -0.1) is 0 Å². The smallest absolute Gasteiger partial charge is 0.317 e. The summed E-state index contributed by atoms with van der Waals surface area (Å²) < 4.78 is 5.84. The van der Waals surface area contributed by atoms with E-state index in [0.29, 0.717) is 11.8 Å². The van der Waals surface area contributed by atoms with Crippen LogP contribution >= 0.6 is 0 Å². The second-order valence-corrected chi connectivity index (χ2v) is 8.44. The molecule has 1 saturated carbocycles. The zero-order valence-electron chi connectivity index (χ0n) is 18.0. The van der Waals surface area contributed by atoms with Crippen LogP contribution in [0.2, 0.25) is 0 Å². The molecule has 162 valence electrons. The summed E-state index contributed by atoms with van der Waals surface area (Å²) in [6.07, 6.45) is 6.76. The minimum atomic E-state index is 0.0678. The monoisotopic (exact) mass is 425 g/mol. The molecule has 1 N–H and O–H groups in total. The SMILES string of the molecule is O=C(N[C@@H]1C[C@H]1c1ccccc1)N1CCC(=Cc2cccc(Oc3ccccn3)c2)CC1. The molecular formula is C27H27N3O2. The molecule has 0 bridgehead atoms. The van der Waals surface area contributed by atoms with Gasteiger partial charge in [0.15, 0.2) is 0 Å². The van der Waals surface area contributed by atoms with Gasteiger partial charge in [-0.1, -0.05) is 60.2 Å². The number of rotatable bonds is 5. The molecule has 3 aromatic rings. The van der Waals surface area contributed by atoms with E-state index in [4.69, 9.17) is 4.74 Å². The van der Waals surface area contributed by atoms with Crippen LogP contribution in [-0.2, 0) is 0 Å². The van der Waals surface area contributed by atoms with Crippen molar-refractivity contribution in [2.45, 2.75) is 31.2 Å². The Morgan fingerprint density at radius 1 is 1.00 bits per heavy atom. The van der Waals surface area contributed by atoms with Crippen molar-refractivity contribution in [1.29, 1.82) is 0 Å². The number of carbonyl (C=O) groups excluding carboxylic acids is 1. The number of ether oxygens (including phenoxy) is 1. The van der Waals surface area contributed by atoms with Crippen LogP contribution in [0.15, 0.2) is 84.6 Å². The zero-order valence-corrected chi connectivity index (χ0v) is 18.0. The van der Waals surface area contributed by atoms with E-state index in [1.165, 1.54) is 11.1 Å². The highest BCUT2D eigenvalue weighted by atomic mass is 16.5. The first-order valence-corrected chi connectivity index (χ1v) is 11.2. The number of hydrogen-bond donors (Lipinski definition) is 1. The standard InChI is InChI=1S/C27H27N3O2/c31-27(29-25-19-24(25)22-8-2-1-3-9-22)30-15-12-20(13-16-30)17-21-7-6-10-23(18-21)32-26-11-4-5-14-28-26/h1-11,14,17-18,24-25H,12-13,15-16,19H2,(H,29,31)/t24-,25+/m0/s1. The molecule has 2 amide bonds. The van der Waals surface area contributed by atoms with Gasteiger partial charge in [-0.25, -0.2) is 9.78 Å². The van der Waals surface area contributed by atoms with Gasteiger partial charge in [0.25, 0.3) is 0 Å². The van der Waals surface area contributed by atoms with Crippen molar-refractivity contribution < 1.29 is 9.53 Å². The summed E-state index contributed by atoms with van der Waals surface area (Å²) in [5.41, 5.74) is 3.78. The van der Waals surface area contributed by atoms with Crippen molar-refractivity contribution in [3.05, 3.63) is 95.7 Å². The maximum Gasteiger partial charge on any atom is 0.317 e. The van der Waals surface area contributed by atoms with Gasteiger partial charge < -0.3 is 15.0 Å². The van der Waals surface area contributed by atoms with Crippen molar-refractivity contribution >= 4 is 12.1 Å². The van der Waals surface area contributed by atoms with Crippen LogP contribution in [0.25, 0.3) is 6.08 Å². The first kappa shape index (κ1) is 20.3. The van der Waals surface area contributed by atoms with E-state index in [9.17, 15) is 4.79 Å². The summed E-state index contributed by atoms with van der Waals surface area (Å²) in [6.45, 7) is 1.51. The molecule has 2 atom stereocenters. The maximum absolute atomic E-state index is 12.7. The van der Waals surface area contributed by atoms with Gasteiger partial charge in [0.2, 0.25) is 5.88 Å². The Labute approximate surface area is 188 Å². The van der Waals surface area contributed by atoms with Crippen LogP contribution in [0.5, 0.6) is 11.6 Å². The lowest BCUT2D eigenvalue weighted by atomic mass is 10.0. The fraction of sp³-hybridized carbons (Fsp3) is 0.259. The predicted octanol–water partition coefficient (Wildman–Crippen LogP) is 5.62. The number of carbonyl (C=O) groups is 1. The number of nitrogens with one attached hydrogen (secondary N) is 1. The Hall–Kier alpha value is -3.60. The quantitative estimate of drug-likeness (QED) is 0.577. The molecule has 2 aromatic carbocycles. The molecular weight excluding hydrogens is 398 g/mol. The molecule has 2 heterocycles. The van der Waals surface area contributed by atoms with E-state index in [1.807, 2.05) is 47.4 Å². The number of nitrogens with zero attached hydrogens (tertiary/aromatic N) is 2. The fourth-order valence-electron chi connectivity index (χ4n) is 4.25. The molecule has 0 unspecified atom stereocenters. The molecule has 5 rings (SSSR count). The average Bonchev–Trinajstić information content (AvgIpc) is 3.60. The Morgan fingerprint density at radius 3 is 2.59 bits per heavy atom. The van der Waals surface area contributed by atoms with Crippen LogP contribution in [-0.4, -0.2) is 35.0 Å². The predicted molar refractivity (Wildman–Crippen MR) is 126 cm³/mol. The highest BCUT2D eigenvalue weighted by Gasteiger charge is 2.40. The lowest BCUT2D eigenvalue weighted by Gasteiger charge is -2.28. The van der Waals surface area contributed by atoms with Crippen molar-refractivity contribution in [1.82, 2.24) is 15.2 Å². The van der Waals surface area contributed by atoms with Crippen molar-refractivity contribution in [2.24, 2.45) is 0 Å². The van der Waals surface area contributed by atoms with Gasteiger partial charge in [-0.2, -0.15) is 0 Å². The lowest BCUT2D eigenvalue weighted by molar-refractivity contribution is 0.193. The molecule has 2 aliphatic rings. The molecule has 0 spiro atoms. The van der Waals surface area contributed by atoms with Crippen molar-refractivity contribution in [3.8, 4) is 11.6 Å². The van der Waals surface area contributed by atoms with Crippen LogP contribution < -0.4 is 10.1 Å². The van der Waals surface area contributed by atoms with Gasteiger partial charge in [0, 0.05) is 37.3 Å².